The van der Waals surface area contributed by atoms with Gasteiger partial charge in [-0.05, 0) is 18.8 Å². The molecule has 0 aromatic rings. The maximum atomic E-state index is 12.3. The van der Waals surface area contributed by atoms with Crippen molar-refractivity contribution in [2.45, 2.75) is 26.2 Å². The normalized spacial score (nSPS) is 24.1. The molecule has 0 aromatic carbocycles. The Bertz CT molecular complexity index is 346. The van der Waals surface area contributed by atoms with Crippen LogP contribution in [0.5, 0.6) is 0 Å². The third kappa shape index (κ3) is 6.75. The van der Waals surface area contributed by atoms with Crippen molar-refractivity contribution in [3.8, 4) is 0 Å². The number of amides is 1. The SMILES string of the molecule is C[C@@H]1CCCN(C(=O)CCN2CCN(CCOCCO)CC2)C1. The molecule has 0 aliphatic carbocycles. The van der Waals surface area contributed by atoms with Crippen molar-refractivity contribution in [3.63, 3.8) is 0 Å². The first-order valence-corrected chi connectivity index (χ1v) is 9.10. The van der Waals surface area contributed by atoms with Gasteiger partial charge in [-0.3, -0.25) is 9.69 Å². The van der Waals surface area contributed by atoms with Crippen molar-refractivity contribution >= 4 is 5.91 Å². The summed E-state index contributed by atoms with van der Waals surface area (Å²) in [4.78, 5) is 19.2. The lowest BCUT2D eigenvalue weighted by molar-refractivity contribution is -0.133. The number of carbonyl (C=O) groups excluding carboxylic acids is 1. The minimum atomic E-state index is 0.0948. The topological polar surface area (TPSA) is 56.3 Å². The third-order valence-electron chi connectivity index (χ3n) is 4.90. The molecule has 2 rings (SSSR count). The molecule has 2 saturated heterocycles. The average molecular weight is 327 g/mol. The van der Waals surface area contributed by atoms with Gasteiger partial charge in [0.2, 0.25) is 5.91 Å². The Morgan fingerprint density at radius 3 is 2.43 bits per heavy atom. The van der Waals surface area contributed by atoms with Crippen LogP contribution in [0.4, 0.5) is 0 Å². The van der Waals surface area contributed by atoms with Gasteiger partial charge in [-0.15, -0.1) is 0 Å². The van der Waals surface area contributed by atoms with Crippen LogP contribution in [0.15, 0.2) is 0 Å². The lowest BCUT2D eigenvalue weighted by atomic mass is 10.00. The average Bonchev–Trinajstić information content (AvgIpc) is 2.57. The molecule has 134 valence electrons. The van der Waals surface area contributed by atoms with Gasteiger partial charge >= 0.3 is 0 Å². The van der Waals surface area contributed by atoms with E-state index in [0.717, 1.165) is 58.8 Å². The number of nitrogens with zero attached hydrogens (tertiary/aromatic N) is 3. The molecule has 2 fully saturated rings. The summed E-state index contributed by atoms with van der Waals surface area (Å²) in [6.07, 6.45) is 3.07. The summed E-state index contributed by atoms with van der Waals surface area (Å²) in [6, 6.07) is 0. The molecule has 6 nitrogen and oxygen atoms in total. The van der Waals surface area contributed by atoms with E-state index in [4.69, 9.17) is 9.84 Å². The maximum Gasteiger partial charge on any atom is 0.223 e. The first-order valence-electron chi connectivity index (χ1n) is 9.10. The fourth-order valence-corrected chi connectivity index (χ4v) is 3.42. The van der Waals surface area contributed by atoms with E-state index < -0.39 is 0 Å². The molecule has 2 heterocycles. The fraction of sp³-hybridized carbons (Fsp3) is 0.941. The highest BCUT2D eigenvalue weighted by molar-refractivity contribution is 5.76. The van der Waals surface area contributed by atoms with Crippen LogP contribution in [-0.2, 0) is 9.53 Å². The summed E-state index contributed by atoms with van der Waals surface area (Å²) >= 11 is 0. The van der Waals surface area contributed by atoms with Gasteiger partial charge in [-0.2, -0.15) is 0 Å². The Balaban J connectivity index is 1.56. The van der Waals surface area contributed by atoms with E-state index in [1.165, 1.54) is 6.42 Å². The molecule has 1 atom stereocenters. The Labute approximate surface area is 140 Å². The number of hydrogen-bond donors (Lipinski definition) is 1. The quantitative estimate of drug-likeness (QED) is 0.648. The van der Waals surface area contributed by atoms with Crippen molar-refractivity contribution in [1.82, 2.24) is 14.7 Å². The number of rotatable bonds is 8. The standard InChI is InChI=1S/C17H33N3O3/c1-16-3-2-5-20(15-16)17(22)4-6-18-7-9-19(10-8-18)11-13-23-14-12-21/h16,21H,2-15H2,1H3/t16-/m1/s1. The monoisotopic (exact) mass is 327 g/mol. The molecule has 1 amide bonds. The van der Waals surface area contributed by atoms with E-state index in [0.29, 0.717) is 31.5 Å². The number of carbonyl (C=O) groups is 1. The second kappa shape index (κ2) is 10.2. The van der Waals surface area contributed by atoms with E-state index in [2.05, 4.69) is 21.6 Å². The van der Waals surface area contributed by atoms with Gasteiger partial charge in [0.1, 0.15) is 0 Å². The fourth-order valence-electron chi connectivity index (χ4n) is 3.42. The van der Waals surface area contributed by atoms with Crippen molar-refractivity contribution in [3.05, 3.63) is 0 Å². The zero-order valence-corrected chi connectivity index (χ0v) is 14.6. The summed E-state index contributed by atoms with van der Waals surface area (Å²) in [7, 11) is 0. The number of piperazine rings is 1. The molecule has 0 saturated carbocycles. The van der Waals surface area contributed by atoms with E-state index in [1.54, 1.807) is 0 Å². The van der Waals surface area contributed by atoms with Crippen molar-refractivity contribution in [1.29, 1.82) is 0 Å². The van der Waals surface area contributed by atoms with Gasteiger partial charge in [0.25, 0.3) is 0 Å². The minimum absolute atomic E-state index is 0.0948. The Kier molecular flexibility index (Phi) is 8.30. The van der Waals surface area contributed by atoms with E-state index in [9.17, 15) is 4.79 Å². The predicted molar refractivity (Wildman–Crippen MR) is 90.4 cm³/mol. The minimum Gasteiger partial charge on any atom is -0.394 e. The lowest BCUT2D eigenvalue weighted by Crippen LogP contribution is -2.48. The Morgan fingerprint density at radius 1 is 1.09 bits per heavy atom. The van der Waals surface area contributed by atoms with Crippen molar-refractivity contribution < 1.29 is 14.6 Å². The van der Waals surface area contributed by atoms with Gasteiger partial charge in [0.15, 0.2) is 0 Å². The Hall–Kier alpha value is -0.690. The second-order valence-corrected chi connectivity index (χ2v) is 6.86. The summed E-state index contributed by atoms with van der Waals surface area (Å²) in [5.74, 6) is 0.987. The molecule has 0 aromatic heterocycles. The van der Waals surface area contributed by atoms with Crippen LogP contribution in [0.1, 0.15) is 26.2 Å². The Morgan fingerprint density at radius 2 is 1.78 bits per heavy atom. The van der Waals surface area contributed by atoms with Crippen LogP contribution in [0.2, 0.25) is 0 Å². The van der Waals surface area contributed by atoms with E-state index >= 15 is 0 Å². The molecule has 0 spiro atoms. The van der Waals surface area contributed by atoms with Crippen LogP contribution < -0.4 is 0 Å². The van der Waals surface area contributed by atoms with Crippen LogP contribution in [-0.4, -0.2) is 97.9 Å². The molecule has 0 bridgehead atoms. The largest absolute Gasteiger partial charge is 0.394 e. The van der Waals surface area contributed by atoms with Crippen LogP contribution >= 0.6 is 0 Å². The second-order valence-electron chi connectivity index (χ2n) is 6.86. The molecule has 0 unspecified atom stereocenters. The number of aliphatic hydroxyl groups excluding tert-OH is 1. The number of piperidine rings is 1. The predicted octanol–water partition coefficient (Wildman–Crippen LogP) is 0.262. The van der Waals surface area contributed by atoms with Crippen molar-refractivity contribution in [2.24, 2.45) is 5.92 Å². The van der Waals surface area contributed by atoms with Crippen LogP contribution in [0, 0.1) is 5.92 Å². The smallest absolute Gasteiger partial charge is 0.223 e. The van der Waals surface area contributed by atoms with E-state index in [-0.39, 0.29) is 6.61 Å². The zero-order chi connectivity index (χ0) is 16.5. The highest BCUT2D eigenvalue weighted by Gasteiger charge is 2.22. The summed E-state index contributed by atoms with van der Waals surface area (Å²) < 4.78 is 5.31. The van der Waals surface area contributed by atoms with Gasteiger partial charge in [-0.1, -0.05) is 6.92 Å². The summed E-state index contributed by atoms with van der Waals surface area (Å²) in [6.45, 7) is 11.3. The number of hydrogen-bond acceptors (Lipinski definition) is 5. The van der Waals surface area contributed by atoms with Crippen LogP contribution in [0.3, 0.4) is 0 Å². The molecule has 6 heteroatoms. The molecule has 0 radical (unpaired) electrons. The zero-order valence-electron chi connectivity index (χ0n) is 14.6. The molecular weight excluding hydrogens is 294 g/mol. The van der Waals surface area contributed by atoms with Crippen molar-refractivity contribution in [2.75, 3.05) is 72.2 Å². The molecule has 1 N–H and O–H groups in total. The molecule has 23 heavy (non-hydrogen) atoms. The molecule has 2 aliphatic rings. The summed E-state index contributed by atoms with van der Waals surface area (Å²) in [5.41, 5.74) is 0. The number of ether oxygens (including phenoxy) is 1. The highest BCUT2D eigenvalue weighted by atomic mass is 16.5. The molecular formula is C17H33N3O3. The summed E-state index contributed by atoms with van der Waals surface area (Å²) in [5, 5.41) is 8.67. The van der Waals surface area contributed by atoms with Gasteiger partial charge in [0, 0.05) is 58.8 Å². The van der Waals surface area contributed by atoms with Gasteiger partial charge in [-0.25, -0.2) is 0 Å². The first kappa shape index (κ1) is 18.6. The van der Waals surface area contributed by atoms with E-state index in [1.807, 2.05) is 0 Å². The van der Waals surface area contributed by atoms with Gasteiger partial charge < -0.3 is 19.6 Å². The number of likely N-dealkylation sites (tertiary alicyclic amines) is 1. The van der Waals surface area contributed by atoms with Gasteiger partial charge in [0.05, 0.1) is 19.8 Å². The van der Waals surface area contributed by atoms with Crippen LogP contribution in [0.25, 0.3) is 0 Å². The highest BCUT2D eigenvalue weighted by Crippen LogP contribution is 2.16. The number of aliphatic hydroxyl groups is 1. The third-order valence-corrected chi connectivity index (χ3v) is 4.90. The first-order chi connectivity index (χ1) is 11.2. The molecule has 2 aliphatic heterocycles. The lowest BCUT2D eigenvalue weighted by Gasteiger charge is -2.35. The maximum absolute atomic E-state index is 12.3.